The second-order valence-electron chi connectivity index (χ2n) is 9.48. The van der Waals surface area contributed by atoms with Crippen LogP contribution in [0.4, 0.5) is 5.82 Å². The average molecular weight is 457 g/mol. The molecule has 2 aliphatic carbocycles. The number of nitrogens with zero attached hydrogens (tertiary/aromatic N) is 4. The van der Waals surface area contributed by atoms with Gasteiger partial charge in [-0.1, -0.05) is 17.7 Å². The lowest BCUT2D eigenvalue weighted by Crippen LogP contribution is -2.40. The molecule has 0 spiro atoms. The van der Waals surface area contributed by atoms with Crippen molar-refractivity contribution in [3.05, 3.63) is 66.0 Å². The standard InChI is InChI=1S/C26H28N6O2/c1-16-4-12-20(13-5-16)32-25-21(15-27-32)24(30-23(31-25)17-6-7-17)28-18-8-10-19(11-9-18)29-26(33)22-3-2-14-34-22/h2-5,12-15,17-19H,6-11H2,1H3,(H,29,33)(H,28,30,31). The van der Waals surface area contributed by atoms with Crippen molar-refractivity contribution >= 4 is 22.8 Å². The number of furan rings is 1. The van der Waals surface area contributed by atoms with Gasteiger partial charge in [0.2, 0.25) is 0 Å². The van der Waals surface area contributed by atoms with Crippen molar-refractivity contribution in [3.63, 3.8) is 0 Å². The fourth-order valence-electron chi connectivity index (χ4n) is 4.67. The van der Waals surface area contributed by atoms with Gasteiger partial charge in [-0.15, -0.1) is 0 Å². The van der Waals surface area contributed by atoms with Crippen LogP contribution in [0.15, 0.2) is 53.3 Å². The molecule has 1 amide bonds. The number of amides is 1. The summed E-state index contributed by atoms with van der Waals surface area (Å²) in [5.74, 6) is 2.44. The predicted octanol–water partition coefficient (Wildman–Crippen LogP) is 4.75. The number of benzene rings is 1. The van der Waals surface area contributed by atoms with Crippen molar-refractivity contribution in [1.29, 1.82) is 0 Å². The number of carbonyl (C=O) groups is 1. The lowest BCUT2D eigenvalue weighted by Gasteiger charge is -2.30. The van der Waals surface area contributed by atoms with Crippen LogP contribution in [0.5, 0.6) is 0 Å². The van der Waals surface area contributed by atoms with Gasteiger partial charge < -0.3 is 15.1 Å². The minimum atomic E-state index is -0.142. The second kappa shape index (κ2) is 8.59. The van der Waals surface area contributed by atoms with E-state index < -0.39 is 0 Å². The van der Waals surface area contributed by atoms with Gasteiger partial charge in [0.1, 0.15) is 11.6 Å². The fourth-order valence-corrected chi connectivity index (χ4v) is 4.67. The molecule has 3 aromatic heterocycles. The van der Waals surface area contributed by atoms with Crippen LogP contribution in [0.1, 0.15) is 66.4 Å². The molecule has 0 bridgehead atoms. The third kappa shape index (κ3) is 4.16. The van der Waals surface area contributed by atoms with Crippen molar-refractivity contribution < 1.29 is 9.21 Å². The lowest BCUT2D eigenvalue weighted by molar-refractivity contribution is 0.0898. The first-order chi connectivity index (χ1) is 16.6. The molecule has 8 heteroatoms. The van der Waals surface area contributed by atoms with Gasteiger partial charge in [0, 0.05) is 18.0 Å². The molecular formula is C26H28N6O2. The van der Waals surface area contributed by atoms with Crippen molar-refractivity contribution in [2.24, 2.45) is 0 Å². The molecule has 2 N–H and O–H groups in total. The highest BCUT2D eigenvalue weighted by atomic mass is 16.3. The Morgan fingerprint density at radius 3 is 2.47 bits per heavy atom. The van der Waals surface area contributed by atoms with E-state index in [1.54, 1.807) is 12.1 Å². The van der Waals surface area contributed by atoms with E-state index >= 15 is 0 Å². The highest BCUT2D eigenvalue weighted by Crippen LogP contribution is 2.40. The molecule has 1 aromatic carbocycles. The van der Waals surface area contributed by atoms with Crippen LogP contribution in [0.3, 0.4) is 0 Å². The topological polar surface area (TPSA) is 97.9 Å². The van der Waals surface area contributed by atoms with Gasteiger partial charge in [-0.25, -0.2) is 14.6 Å². The number of rotatable bonds is 6. The number of nitrogens with one attached hydrogen (secondary N) is 2. The Morgan fingerprint density at radius 2 is 1.76 bits per heavy atom. The van der Waals surface area contributed by atoms with Gasteiger partial charge in [0.15, 0.2) is 11.4 Å². The van der Waals surface area contributed by atoms with Gasteiger partial charge in [-0.2, -0.15) is 5.10 Å². The molecule has 34 heavy (non-hydrogen) atoms. The molecule has 0 aliphatic heterocycles. The van der Waals surface area contributed by atoms with E-state index in [1.807, 2.05) is 10.9 Å². The van der Waals surface area contributed by atoms with Crippen molar-refractivity contribution in [1.82, 2.24) is 25.1 Å². The normalized spacial score (nSPS) is 20.4. The van der Waals surface area contributed by atoms with Crippen LogP contribution in [0.25, 0.3) is 16.7 Å². The number of carbonyl (C=O) groups excluding carboxylic acids is 1. The molecule has 0 radical (unpaired) electrons. The maximum atomic E-state index is 12.3. The summed E-state index contributed by atoms with van der Waals surface area (Å²) in [7, 11) is 0. The van der Waals surface area contributed by atoms with E-state index in [-0.39, 0.29) is 11.9 Å². The number of hydrogen-bond acceptors (Lipinski definition) is 6. The van der Waals surface area contributed by atoms with E-state index in [9.17, 15) is 4.79 Å². The maximum absolute atomic E-state index is 12.3. The number of aromatic nitrogens is 4. The zero-order valence-corrected chi connectivity index (χ0v) is 19.2. The zero-order valence-electron chi connectivity index (χ0n) is 19.2. The third-order valence-electron chi connectivity index (χ3n) is 6.82. The van der Waals surface area contributed by atoms with Crippen molar-refractivity contribution in [2.75, 3.05) is 5.32 Å². The molecule has 2 fully saturated rings. The Morgan fingerprint density at radius 1 is 1.00 bits per heavy atom. The zero-order chi connectivity index (χ0) is 23.1. The summed E-state index contributed by atoms with van der Waals surface area (Å²) in [5, 5.41) is 12.4. The summed E-state index contributed by atoms with van der Waals surface area (Å²) in [6, 6.07) is 12.2. The maximum Gasteiger partial charge on any atom is 0.287 e. The van der Waals surface area contributed by atoms with E-state index in [1.165, 1.54) is 11.8 Å². The number of fused-ring (bicyclic) bond motifs is 1. The molecule has 2 saturated carbocycles. The molecule has 3 heterocycles. The van der Waals surface area contributed by atoms with E-state index in [0.717, 1.165) is 66.9 Å². The molecule has 0 saturated heterocycles. The Bertz CT molecular complexity index is 1300. The fraction of sp³-hybridized carbons (Fsp3) is 0.385. The molecule has 2 aliphatic rings. The van der Waals surface area contributed by atoms with Gasteiger partial charge in [-0.3, -0.25) is 4.79 Å². The van der Waals surface area contributed by atoms with E-state index in [4.69, 9.17) is 14.4 Å². The first kappa shape index (κ1) is 20.9. The SMILES string of the molecule is Cc1ccc(-n2ncc3c(NC4CCC(NC(=O)c5ccco5)CC4)nc(C4CC4)nc32)cc1. The summed E-state index contributed by atoms with van der Waals surface area (Å²) >= 11 is 0. The first-order valence-corrected chi connectivity index (χ1v) is 12.1. The van der Waals surface area contributed by atoms with Crippen molar-refractivity contribution in [2.45, 2.75) is 63.5 Å². The van der Waals surface area contributed by atoms with Crippen LogP contribution in [-0.4, -0.2) is 37.7 Å². The third-order valence-corrected chi connectivity index (χ3v) is 6.82. The van der Waals surface area contributed by atoms with Crippen LogP contribution in [-0.2, 0) is 0 Å². The Kier molecular flexibility index (Phi) is 5.28. The smallest absolute Gasteiger partial charge is 0.287 e. The van der Waals surface area contributed by atoms with Crippen LogP contribution in [0, 0.1) is 6.92 Å². The van der Waals surface area contributed by atoms with Gasteiger partial charge in [0.25, 0.3) is 5.91 Å². The average Bonchev–Trinajstić information content (AvgIpc) is 3.37. The summed E-state index contributed by atoms with van der Waals surface area (Å²) < 4.78 is 7.12. The van der Waals surface area contributed by atoms with E-state index in [0.29, 0.717) is 17.7 Å². The van der Waals surface area contributed by atoms with Crippen LogP contribution < -0.4 is 10.6 Å². The molecule has 0 unspecified atom stereocenters. The quantitative estimate of drug-likeness (QED) is 0.435. The lowest BCUT2D eigenvalue weighted by atomic mass is 9.91. The predicted molar refractivity (Wildman–Crippen MR) is 129 cm³/mol. The van der Waals surface area contributed by atoms with Crippen molar-refractivity contribution in [3.8, 4) is 5.69 Å². The Labute approximate surface area is 197 Å². The molecule has 8 nitrogen and oxygen atoms in total. The largest absolute Gasteiger partial charge is 0.459 e. The number of aryl methyl sites for hydroxylation is 1. The molecule has 4 aromatic rings. The van der Waals surface area contributed by atoms with Crippen LogP contribution in [0.2, 0.25) is 0 Å². The summed E-state index contributed by atoms with van der Waals surface area (Å²) in [6.45, 7) is 2.08. The molecule has 6 rings (SSSR count). The summed E-state index contributed by atoms with van der Waals surface area (Å²) in [4.78, 5) is 22.1. The Hall–Kier alpha value is -3.68. The molecule has 174 valence electrons. The highest BCUT2D eigenvalue weighted by Gasteiger charge is 2.30. The molecule has 0 atom stereocenters. The van der Waals surface area contributed by atoms with Crippen LogP contribution >= 0.6 is 0 Å². The van der Waals surface area contributed by atoms with Gasteiger partial charge in [0.05, 0.1) is 23.5 Å². The minimum Gasteiger partial charge on any atom is -0.459 e. The minimum absolute atomic E-state index is 0.142. The first-order valence-electron chi connectivity index (χ1n) is 12.1. The van der Waals surface area contributed by atoms with Gasteiger partial charge >= 0.3 is 0 Å². The van der Waals surface area contributed by atoms with E-state index in [2.05, 4.69) is 46.9 Å². The summed E-state index contributed by atoms with van der Waals surface area (Å²) in [6.07, 6.45) is 9.42. The monoisotopic (exact) mass is 456 g/mol. The Balaban J connectivity index is 1.20. The highest BCUT2D eigenvalue weighted by molar-refractivity contribution is 5.91. The summed E-state index contributed by atoms with van der Waals surface area (Å²) in [5.41, 5.74) is 3.06. The number of anilines is 1. The number of hydrogen-bond donors (Lipinski definition) is 2. The second-order valence-corrected chi connectivity index (χ2v) is 9.48. The van der Waals surface area contributed by atoms with Gasteiger partial charge in [-0.05, 0) is 69.7 Å². The molecular weight excluding hydrogens is 428 g/mol.